The molecule has 2 heterocycles. The number of hydrogen-bond acceptors (Lipinski definition) is 6. The maximum Gasteiger partial charge on any atom is 0.310 e. The van der Waals surface area contributed by atoms with Gasteiger partial charge in [-0.3, -0.25) is 9.69 Å². The van der Waals surface area contributed by atoms with Crippen LogP contribution in [0.5, 0.6) is 0 Å². The van der Waals surface area contributed by atoms with Gasteiger partial charge < -0.3 is 20.1 Å². The van der Waals surface area contributed by atoms with Gasteiger partial charge in [-0.15, -0.1) is 0 Å². The van der Waals surface area contributed by atoms with E-state index in [2.05, 4.69) is 0 Å². The number of carbonyl (C=O) groups excluding carboxylic acids is 1. The predicted molar refractivity (Wildman–Crippen MR) is 62.7 cm³/mol. The molecule has 2 aliphatic heterocycles. The summed E-state index contributed by atoms with van der Waals surface area (Å²) in [6.45, 7) is 4.20. The summed E-state index contributed by atoms with van der Waals surface area (Å²) in [6, 6.07) is -0.634. The first kappa shape index (κ1) is 13.7. The number of esters is 1. The lowest BCUT2D eigenvalue weighted by Gasteiger charge is -2.43. The lowest BCUT2D eigenvalue weighted by Crippen LogP contribution is -2.57. The fraction of sp³-hybridized carbons (Fsp3) is 0.917. The van der Waals surface area contributed by atoms with Crippen LogP contribution in [-0.2, 0) is 9.53 Å². The number of nitrogens with zero attached hydrogens (tertiary/aromatic N) is 1. The summed E-state index contributed by atoms with van der Waals surface area (Å²) in [5, 5.41) is 29.6. The normalized spacial score (nSPS) is 44.7. The van der Waals surface area contributed by atoms with E-state index in [-0.39, 0.29) is 25.0 Å². The summed E-state index contributed by atoms with van der Waals surface area (Å²) in [7, 11) is 0. The van der Waals surface area contributed by atoms with E-state index in [1.54, 1.807) is 6.92 Å². The Balaban J connectivity index is 2.14. The van der Waals surface area contributed by atoms with Gasteiger partial charge in [-0.25, -0.2) is 0 Å². The zero-order chi connectivity index (χ0) is 13.4. The van der Waals surface area contributed by atoms with Crippen LogP contribution in [0.3, 0.4) is 0 Å². The van der Waals surface area contributed by atoms with Crippen LogP contribution in [0, 0.1) is 5.92 Å². The molecule has 104 valence electrons. The van der Waals surface area contributed by atoms with Gasteiger partial charge in [0, 0.05) is 12.6 Å². The van der Waals surface area contributed by atoms with E-state index in [9.17, 15) is 20.1 Å². The average Bonchev–Trinajstić information content (AvgIpc) is 2.62. The van der Waals surface area contributed by atoms with Crippen LogP contribution in [0.2, 0.25) is 0 Å². The van der Waals surface area contributed by atoms with E-state index < -0.39 is 30.3 Å². The molecule has 2 aliphatic rings. The molecule has 0 aromatic carbocycles. The number of hydrogen-bond donors (Lipinski definition) is 3. The molecule has 18 heavy (non-hydrogen) atoms. The molecule has 0 aliphatic carbocycles. The fourth-order valence-electron chi connectivity index (χ4n) is 3.13. The summed E-state index contributed by atoms with van der Waals surface area (Å²) in [5.74, 6) is -0.730. The van der Waals surface area contributed by atoms with Gasteiger partial charge in [-0.1, -0.05) is 0 Å². The number of aliphatic hydroxyl groups is 3. The Bertz CT molecular complexity index is 324. The quantitative estimate of drug-likeness (QED) is 0.535. The van der Waals surface area contributed by atoms with Crippen molar-refractivity contribution < 1.29 is 24.9 Å². The molecule has 0 aromatic rings. The largest absolute Gasteiger partial charge is 0.466 e. The molecule has 0 radical (unpaired) electrons. The smallest absolute Gasteiger partial charge is 0.310 e. The molecule has 0 bridgehead atoms. The molecule has 2 saturated heterocycles. The zero-order valence-electron chi connectivity index (χ0n) is 10.7. The molecule has 3 N–H and O–H groups in total. The second-order valence-electron chi connectivity index (χ2n) is 5.15. The first-order valence-corrected chi connectivity index (χ1v) is 6.44. The average molecular weight is 259 g/mol. The Morgan fingerprint density at radius 2 is 2.00 bits per heavy atom. The fourth-order valence-corrected chi connectivity index (χ4v) is 3.13. The van der Waals surface area contributed by atoms with E-state index in [0.29, 0.717) is 6.61 Å². The minimum absolute atomic E-state index is 0.149. The van der Waals surface area contributed by atoms with Crippen LogP contribution < -0.4 is 0 Å². The van der Waals surface area contributed by atoms with Gasteiger partial charge in [0.25, 0.3) is 0 Å². The lowest BCUT2D eigenvalue weighted by atomic mass is 9.84. The number of ether oxygens (including phenoxy) is 1. The molecular weight excluding hydrogens is 238 g/mol. The molecule has 2 rings (SSSR count). The van der Waals surface area contributed by atoms with Crippen molar-refractivity contribution in [2.24, 2.45) is 5.92 Å². The minimum atomic E-state index is -0.953. The summed E-state index contributed by atoms with van der Waals surface area (Å²) in [4.78, 5) is 13.6. The molecule has 0 spiro atoms. The van der Waals surface area contributed by atoms with Crippen LogP contribution >= 0.6 is 0 Å². The van der Waals surface area contributed by atoms with Gasteiger partial charge in [0.05, 0.1) is 36.9 Å². The third-order valence-corrected chi connectivity index (χ3v) is 4.11. The standard InChI is InChI=1S/C12H21NO5/c1-3-18-12(17)7-4-8(14)10-11(16)9(15)5-13(10)6(7)2/h6-11,14-16H,3-5H2,1-2H3/t6-,7?,8+,9+,10+,11+/m0/s1. The minimum Gasteiger partial charge on any atom is -0.466 e. The summed E-state index contributed by atoms with van der Waals surface area (Å²) in [6.07, 6.45) is -2.37. The summed E-state index contributed by atoms with van der Waals surface area (Å²) < 4.78 is 5.00. The predicted octanol–water partition coefficient (Wildman–Crippen LogP) is -1.28. The highest BCUT2D eigenvalue weighted by molar-refractivity contribution is 5.73. The summed E-state index contributed by atoms with van der Waals surface area (Å²) in [5.41, 5.74) is 0. The zero-order valence-corrected chi connectivity index (χ0v) is 10.7. The van der Waals surface area contributed by atoms with Crippen LogP contribution in [0.4, 0.5) is 0 Å². The molecule has 6 heteroatoms. The van der Waals surface area contributed by atoms with Crippen molar-refractivity contribution in [3.63, 3.8) is 0 Å². The van der Waals surface area contributed by atoms with Gasteiger partial charge in [0.2, 0.25) is 0 Å². The van der Waals surface area contributed by atoms with Crippen LogP contribution in [0.15, 0.2) is 0 Å². The summed E-state index contributed by atoms with van der Waals surface area (Å²) >= 11 is 0. The lowest BCUT2D eigenvalue weighted by molar-refractivity contribution is -0.157. The molecule has 0 amide bonds. The first-order valence-electron chi connectivity index (χ1n) is 6.44. The second-order valence-corrected chi connectivity index (χ2v) is 5.15. The van der Waals surface area contributed by atoms with E-state index in [1.807, 2.05) is 11.8 Å². The molecule has 0 aromatic heterocycles. The van der Waals surface area contributed by atoms with E-state index in [1.165, 1.54) is 0 Å². The van der Waals surface area contributed by atoms with Crippen molar-refractivity contribution in [1.29, 1.82) is 0 Å². The van der Waals surface area contributed by atoms with Gasteiger partial charge in [-0.2, -0.15) is 0 Å². The van der Waals surface area contributed by atoms with Crippen molar-refractivity contribution in [1.82, 2.24) is 4.90 Å². The topological polar surface area (TPSA) is 90.2 Å². The third kappa shape index (κ3) is 2.14. The Kier molecular flexibility index (Phi) is 3.91. The monoisotopic (exact) mass is 259 g/mol. The highest BCUT2D eigenvalue weighted by atomic mass is 16.5. The van der Waals surface area contributed by atoms with Crippen LogP contribution in [0.25, 0.3) is 0 Å². The number of aliphatic hydroxyl groups excluding tert-OH is 3. The van der Waals surface area contributed by atoms with Crippen LogP contribution in [0.1, 0.15) is 20.3 Å². The highest BCUT2D eigenvalue weighted by Crippen LogP contribution is 2.35. The van der Waals surface area contributed by atoms with Gasteiger partial charge in [0.1, 0.15) is 0 Å². The molecular formula is C12H21NO5. The molecule has 6 nitrogen and oxygen atoms in total. The van der Waals surface area contributed by atoms with Gasteiger partial charge in [0.15, 0.2) is 0 Å². The van der Waals surface area contributed by atoms with Crippen molar-refractivity contribution in [3.05, 3.63) is 0 Å². The van der Waals surface area contributed by atoms with Crippen molar-refractivity contribution >= 4 is 5.97 Å². The number of rotatable bonds is 2. The number of carbonyl (C=O) groups is 1. The Morgan fingerprint density at radius 1 is 1.33 bits per heavy atom. The second kappa shape index (κ2) is 5.13. The van der Waals surface area contributed by atoms with E-state index in [4.69, 9.17) is 4.74 Å². The SMILES string of the molecule is CCOC(=O)C1C[C@@H](O)[C@@H]2[C@H](O)[C@H](O)CN2[C@H]1C. The third-order valence-electron chi connectivity index (χ3n) is 4.11. The van der Waals surface area contributed by atoms with Gasteiger partial charge in [-0.05, 0) is 20.3 Å². The number of fused-ring (bicyclic) bond motifs is 1. The Morgan fingerprint density at radius 3 is 2.61 bits per heavy atom. The van der Waals surface area contributed by atoms with E-state index in [0.717, 1.165) is 0 Å². The number of piperidine rings is 1. The Labute approximate surface area is 106 Å². The molecule has 1 unspecified atom stereocenters. The van der Waals surface area contributed by atoms with Crippen molar-refractivity contribution in [2.75, 3.05) is 13.2 Å². The van der Waals surface area contributed by atoms with Crippen molar-refractivity contribution in [2.45, 2.75) is 50.7 Å². The maximum absolute atomic E-state index is 11.8. The van der Waals surface area contributed by atoms with Crippen molar-refractivity contribution in [3.8, 4) is 0 Å². The van der Waals surface area contributed by atoms with Gasteiger partial charge >= 0.3 is 5.97 Å². The van der Waals surface area contributed by atoms with Crippen LogP contribution in [-0.4, -0.2) is 69.7 Å². The highest BCUT2D eigenvalue weighted by Gasteiger charge is 2.52. The molecule has 6 atom stereocenters. The Hall–Kier alpha value is -0.690. The molecule has 0 saturated carbocycles. The molecule has 2 fully saturated rings. The van der Waals surface area contributed by atoms with E-state index >= 15 is 0 Å². The maximum atomic E-state index is 11.8. The first-order chi connectivity index (χ1) is 8.47.